The summed E-state index contributed by atoms with van der Waals surface area (Å²) in [6, 6.07) is 5.71. The Hall–Kier alpha value is -3.57. The first-order valence-electron chi connectivity index (χ1n) is 12.0. The largest absolute Gasteiger partial charge is 0.479 e. The molecule has 0 atom stereocenters. The van der Waals surface area contributed by atoms with Gasteiger partial charge in [-0.05, 0) is 36.8 Å². The number of hydrogen-bond acceptors (Lipinski definition) is 8. The van der Waals surface area contributed by atoms with E-state index in [0.717, 1.165) is 67.1 Å². The molecule has 2 fully saturated rings. The van der Waals surface area contributed by atoms with Gasteiger partial charge in [-0.15, -0.1) is 0 Å². The molecule has 2 saturated heterocycles. The lowest BCUT2D eigenvalue weighted by Crippen LogP contribution is -2.37. The Morgan fingerprint density at radius 2 is 2.11 bits per heavy atom. The summed E-state index contributed by atoms with van der Waals surface area (Å²) in [5, 5.41) is 8.04. The van der Waals surface area contributed by atoms with E-state index in [0.29, 0.717) is 23.1 Å². The van der Waals surface area contributed by atoms with Crippen molar-refractivity contribution in [3.05, 3.63) is 48.7 Å². The highest BCUT2D eigenvalue weighted by molar-refractivity contribution is 7.23. The number of carbonyl (C=O) groups is 1. The standard InChI is InChI=1S/C25H27N7O3S/c1-34-22-20-21(19(13-27-22)17-12-28-32(14-17)15-18-4-2-3-8-26-18)36-23(29-20)30-24(33)31-9-5-25(16-31)6-10-35-11-7-25/h2-4,8,12-14H,5-7,9-11,15-16H2,1H3,(H,29,30,33). The van der Waals surface area contributed by atoms with Crippen molar-refractivity contribution >= 4 is 32.7 Å². The fraction of sp³-hybridized carbons (Fsp3) is 0.400. The van der Waals surface area contributed by atoms with Gasteiger partial charge in [-0.3, -0.25) is 15.0 Å². The van der Waals surface area contributed by atoms with Gasteiger partial charge in [0.05, 0.1) is 30.2 Å². The maximum Gasteiger partial charge on any atom is 0.323 e. The van der Waals surface area contributed by atoms with Crippen molar-refractivity contribution < 1.29 is 14.3 Å². The van der Waals surface area contributed by atoms with Crippen LogP contribution in [0.25, 0.3) is 21.3 Å². The van der Waals surface area contributed by atoms with E-state index in [9.17, 15) is 4.79 Å². The number of urea groups is 1. The Morgan fingerprint density at radius 3 is 2.92 bits per heavy atom. The van der Waals surface area contributed by atoms with Crippen LogP contribution in [0, 0.1) is 5.41 Å². The average Bonchev–Trinajstić information content (AvgIpc) is 3.64. The van der Waals surface area contributed by atoms with Crippen molar-refractivity contribution in [2.45, 2.75) is 25.8 Å². The van der Waals surface area contributed by atoms with Crippen LogP contribution in [0.15, 0.2) is 43.0 Å². The highest BCUT2D eigenvalue weighted by atomic mass is 32.1. The van der Waals surface area contributed by atoms with Gasteiger partial charge in [0.15, 0.2) is 5.13 Å². The Morgan fingerprint density at radius 1 is 1.22 bits per heavy atom. The number of carbonyl (C=O) groups excluding carboxylic acids is 1. The lowest BCUT2D eigenvalue weighted by molar-refractivity contribution is 0.0211. The highest BCUT2D eigenvalue weighted by Gasteiger charge is 2.41. The van der Waals surface area contributed by atoms with Crippen molar-refractivity contribution in [3.8, 4) is 17.0 Å². The quantitative estimate of drug-likeness (QED) is 0.436. The summed E-state index contributed by atoms with van der Waals surface area (Å²) < 4.78 is 13.7. The molecule has 2 amide bonds. The number of methoxy groups -OCH3 is 1. The highest BCUT2D eigenvalue weighted by Crippen LogP contribution is 2.41. The van der Waals surface area contributed by atoms with Gasteiger partial charge >= 0.3 is 6.03 Å². The van der Waals surface area contributed by atoms with Crippen LogP contribution in [-0.2, 0) is 11.3 Å². The molecule has 186 valence electrons. The van der Waals surface area contributed by atoms with Crippen molar-refractivity contribution in [1.82, 2.24) is 29.6 Å². The molecule has 4 aromatic heterocycles. The fourth-order valence-corrected chi connectivity index (χ4v) is 6.02. The molecule has 0 unspecified atom stereocenters. The van der Waals surface area contributed by atoms with Crippen molar-refractivity contribution in [3.63, 3.8) is 0 Å². The summed E-state index contributed by atoms with van der Waals surface area (Å²) in [6.07, 6.45) is 10.4. The summed E-state index contributed by atoms with van der Waals surface area (Å²) >= 11 is 1.42. The molecule has 6 rings (SSSR count). The predicted molar refractivity (Wildman–Crippen MR) is 136 cm³/mol. The number of hydrogen-bond donors (Lipinski definition) is 1. The number of pyridine rings is 2. The second-order valence-corrected chi connectivity index (χ2v) is 10.3. The van der Waals surface area contributed by atoms with Crippen LogP contribution in [0.2, 0.25) is 0 Å². The predicted octanol–water partition coefficient (Wildman–Crippen LogP) is 4.04. The number of nitrogens with one attached hydrogen (secondary N) is 1. The molecule has 2 aliphatic heterocycles. The molecule has 1 spiro atoms. The fourth-order valence-electron chi connectivity index (χ4n) is 5.04. The number of likely N-dealkylation sites (tertiary alicyclic amines) is 1. The molecule has 10 nitrogen and oxygen atoms in total. The van der Waals surface area contributed by atoms with Gasteiger partial charge in [-0.2, -0.15) is 5.10 Å². The van der Waals surface area contributed by atoms with Crippen LogP contribution < -0.4 is 10.1 Å². The minimum atomic E-state index is -0.117. The number of thiazole rings is 1. The molecule has 11 heteroatoms. The summed E-state index contributed by atoms with van der Waals surface area (Å²) in [4.78, 5) is 28.5. The molecule has 2 aliphatic rings. The number of ether oxygens (including phenoxy) is 2. The molecule has 0 radical (unpaired) electrons. The summed E-state index contributed by atoms with van der Waals surface area (Å²) in [5.41, 5.74) is 3.54. The first-order valence-corrected chi connectivity index (χ1v) is 12.8. The van der Waals surface area contributed by atoms with Crippen LogP contribution in [0.4, 0.5) is 9.93 Å². The molecule has 6 heterocycles. The van der Waals surface area contributed by atoms with Crippen molar-refractivity contribution in [2.24, 2.45) is 5.41 Å². The van der Waals surface area contributed by atoms with E-state index >= 15 is 0 Å². The molecular formula is C25H27N7O3S. The Labute approximate surface area is 212 Å². The number of anilines is 1. The van der Waals surface area contributed by atoms with E-state index in [1.54, 1.807) is 25.7 Å². The monoisotopic (exact) mass is 505 g/mol. The van der Waals surface area contributed by atoms with E-state index < -0.39 is 0 Å². The second-order valence-electron chi connectivity index (χ2n) is 9.34. The molecule has 4 aromatic rings. The number of amides is 2. The number of aromatic nitrogens is 5. The van der Waals surface area contributed by atoms with Crippen LogP contribution in [0.1, 0.15) is 25.0 Å². The van der Waals surface area contributed by atoms with Gasteiger partial charge in [0.2, 0.25) is 5.88 Å². The normalized spacial score (nSPS) is 17.1. The lowest BCUT2D eigenvalue weighted by Gasteiger charge is -2.33. The third-order valence-electron chi connectivity index (χ3n) is 7.07. The first kappa shape index (κ1) is 22.9. The summed E-state index contributed by atoms with van der Waals surface area (Å²) in [7, 11) is 1.57. The maximum absolute atomic E-state index is 13.1. The van der Waals surface area contributed by atoms with E-state index in [1.165, 1.54) is 11.3 Å². The molecule has 0 saturated carbocycles. The number of nitrogens with zero attached hydrogens (tertiary/aromatic N) is 6. The molecule has 0 aromatic carbocycles. The van der Waals surface area contributed by atoms with Crippen LogP contribution in [0.5, 0.6) is 5.88 Å². The molecule has 0 aliphatic carbocycles. The number of rotatable bonds is 5. The zero-order chi connectivity index (χ0) is 24.5. The van der Waals surface area contributed by atoms with Gasteiger partial charge in [0.25, 0.3) is 0 Å². The van der Waals surface area contributed by atoms with E-state index in [4.69, 9.17) is 9.47 Å². The number of fused-ring (bicyclic) bond motifs is 1. The zero-order valence-electron chi connectivity index (χ0n) is 20.0. The second kappa shape index (κ2) is 9.47. The van der Waals surface area contributed by atoms with Gasteiger partial charge < -0.3 is 14.4 Å². The van der Waals surface area contributed by atoms with Gasteiger partial charge in [0.1, 0.15) is 5.52 Å². The van der Waals surface area contributed by atoms with Crippen LogP contribution in [-0.4, -0.2) is 69.1 Å². The van der Waals surface area contributed by atoms with Crippen LogP contribution in [0.3, 0.4) is 0 Å². The summed E-state index contributed by atoms with van der Waals surface area (Å²) in [5.74, 6) is 0.425. The SMILES string of the molecule is COc1ncc(-c2cnn(Cc3ccccn3)c2)c2sc(NC(=O)N3CCC4(CCOCC4)C3)nc12. The average molecular weight is 506 g/mol. The zero-order valence-corrected chi connectivity index (χ0v) is 20.8. The first-order chi connectivity index (χ1) is 17.6. The molecule has 36 heavy (non-hydrogen) atoms. The van der Waals surface area contributed by atoms with Crippen LogP contribution >= 0.6 is 11.3 Å². The minimum absolute atomic E-state index is 0.117. The summed E-state index contributed by atoms with van der Waals surface area (Å²) in [6.45, 7) is 3.64. The molecule has 1 N–H and O–H groups in total. The topological polar surface area (TPSA) is 107 Å². The molecular weight excluding hydrogens is 478 g/mol. The third kappa shape index (κ3) is 4.40. The maximum atomic E-state index is 13.1. The lowest BCUT2D eigenvalue weighted by atomic mass is 9.80. The van der Waals surface area contributed by atoms with Gasteiger partial charge in [0, 0.05) is 56.0 Å². The Kier molecular flexibility index (Phi) is 6.02. The van der Waals surface area contributed by atoms with E-state index in [2.05, 4.69) is 25.4 Å². The van der Waals surface area contributed by atoms with Crippen molar-refractivity contribution in [1.29, 1.82) is 0 Å². The third-order valence-corrected chi connectivity index (χ3v) is 8.07. The minimum Gasteiger partial charge on any atom is -0.479 e. The smallest absolute Gasteiger partial charge is 0.323 e. The Bertz CT molecular complexity index is 1380. The van der Waals surface area contributed by atoms with E-state index in [1.807, 2.05) is 34.0 Å². The van der Waals surface area contributed by atoms with Crippen molar-refractivity contribution in [2.75, 3.05) is 38.7 Å². The Balaban J connectivity index is 1.24. The van der Waals surface area contributed by atoms with E-state index in [-0.39, 0.29) is 11.4 Å². The van der Waals surface area contributed by atoms with Gasteiger partial charge in [-0.25, -0.2) is 14.8 Å². The molecule has 0 bridgehead atoms. The van der Waals surface area contributed by atoms with Gasteiger partial charge in [-0.1, -0.05) is 17.4 Å².